The van der Waals surface area contributed by atoms with Crippen molar-refractivity contribution < 1.29 is 27.8 Å². The fraction of sp³-hybridized carbons (Fsp3) is 0.308. The molecule has 0 aliphatic carbocycles. The molecule has 0 atom stereocenters. The Morgan fingerprint density at radius 2 is 1.88 bits per heavy atom. The van der Waals surface area contributed by atoms with Gasteiger partial charge in [0.25, 0.3) is 12.3 Å². The maximum Gasteiger partial charge on any atom is 0.272 e. The number of ether oxygens (including phenoxy) is 1. The highest BCUT2D eigenvalue weighted by Crippen LogP contribution is 2.32. The van der Waals surface area contributed by atoms with Crippen LogP contribution in [0.1, 0.15) is 25.0 Å². The minimum atomic E-state index is -2.65. The van der Waals surface area contributed by atoms with E-state index in [1.54, 1.807) is 62.4 Å². The van der Waals surface area contributed by atoms with Crippen LogP contribution >= 0.6 is 0 Å². The molecule has 0 radical (unpaired) electrons. The highest BCUT2D eigenvalue weighted by molar-refractivity contribution is 6.24. The van der Waals surface area contributed by atoms with Gasteiger partial charge < -0.3 is 14.7 Å². The molecule has 0 saturated heterocycles. The maximum absolute atomic E-state index is 13.3. The number of benzene rings is 2. The molecule has 180 valence electrons. The predicted octanol–water partition coefficient (Wildman–Crippen LogP) is 4.85. The molecule has 3 rings (SSSR count). The summed E-state index contributed by atoms with van der Waals surface area (Å²) in [5.74, 6) is -0.131. The van der Waals surface area contributed by atoms with Crippen LogP contribution < -0.4 is 9.64 Å². The lowest BCUT2D eigenvalue weighted by Crippen LogP contribution is -2.27. The van der Waals surface area contributed by atoms with E-state index in [2.05, 4.69) is 4.99 Å². The number of carbonyl (C=O) groups excluding carboxylic acids is 1. The van der Waals surface area contributed by atoms with E-state index in [1.807, 2.05) is 0 Å². The molecule has 1 heterocycles. The Hall–Kier alpha value is -3.39. The van der Waals surface area contributed by atoms with Gasteiger partial charge in [-0.3, -0.25) is 9.79 Å². The summed E-state index contributed by atoms with van der Waals surface area (Å²) >= 11 is 0. The van der Waals surface area contributed by atoms with Gasteiger partial charge in [0.1, 0.15) is 19.0 Å². The molecule has 1 amide bonds. The van der Waals surface area contributed by atoms with Crippen LogP contribution in [0.25, 0.3) is 0 Å². The lowest BCUT2D eigenvalue weighted by molar-refractivity contribution is -0.114. The van der Waals surface area contributed by atoms with E-state index in [-0.39, 0.29) is 23.8 Å². The molecule has 0 bridgehead atoms. The number of rotatable bonds is 9. The van der Waals surface area contributed by atoms with E-state index in [1.165, 1.54) is 24.1 Å². The largest absolute Gasteiger partial charge is 0.487 e. The molecule has 0 spiro atoms. The number of halogens is 3. The second-order valence-corrected chi connectivity index (χ2v) is 8.22. The molecule has 8 heteroatoms. The average molecular weight is 473 g/mol. The topological polar surface area (TPSA) is 62.1 Å². The molecule has 34 heavy (non-hydrogen) atoms. The van der Waals surface area contributed by atoms with Crippen LogP contribution in [0.2, 0.25) is 0 Å². The minimum absolute atomic E-state index is 0.141. The molecule has 0 aromatic heterocycles. The van der Waals surface area contributed by atoms with Crippen LogP contribution in [0.3, 0.4) is 0 Å². The molecule has 0 saturated carbocycles. The molecule has 1 aliphatic rings. The van der Waals surface area contributed by atoms with Crippen LogP contribution in [-0.2, 0) is 10.4 Å². The third-order valence-electron chi connectivity index (χ3n) is 5.39. The van der Waals surface area contributed by atoms with Crippen molar-refractivity contribution >= 4 is 17.3 Å². The second-order valence-electron chi connectivity index (χ2n) is 8.22. The molecule has 0 unspecified atom stereocenters. The van der Waals surface area contributed by atoms with E-state index < -0.39 is 25.3 Å². The van der Waals surface area contributed by atoms with E-state index in [0.29, 0.717) is 28.1 Å². The first kappa shape index (κ1) is 25.2. The summed E-state index contributed by atoms with van der Waals surface area (Å²) in [5.41, 5.74) is 1.89. The van der Waals surface area contributed by atoms with Crippen LogP contribution in [-0.4, -0.2) is 50.0 Å². The lowest BCUT2D eigenvalue weighted by Gasteiger charge is -2.21. The zero-order valence-corrected chi connectivity index (χ0v) is 19.3. The van der Waals surface area contributed by atoms with Crippen molar-refractivity contribution in [1.82, 2.24) is 0 Å². The first-order valence-corrected chi connectivity index (χ1v) is 10.7. The van der Waals surface area contributed by atoms with Gasteiger partial charge in [0.2, 0.25) is 0 Å². The van der Waals surface area contributed by atoms with Gasteiger partial charge in [0, 0.05) is 29.4 Å². The summed E-state index contributed by atoms with van der Waals surface area (Å²) in [5, 5.41) is 10.2. The Morgan fingerprint density at radius 3 is 2.47 bits per heavy atom. The first-order chi connectivity index (χ1) is 16.2. The number of nitrogens with zero attached hydrogens (tertiary/aromatic N) is 2. The van der Waals surface area contributed by atoms with Gasteiger partial charge in [-0.05, 0) is 43.7 Å². The highest BCUT2D eigenvalue weighted by Gasteiger charge is 2.33. The zero-order valence-electron chi connectivity index (χ0n) is 19.3. The van der Waals surface area contributed by atoms with Crippen molar-refractivity contribution in [1.29, 1.82) is 0 Å². The van der Waals surface area contributed by atoms with Crippen molar-refractivity contribution in [2.24, 2.45) is 4.99 Å². The normalized spacial score (nSPS) is 15.2. The van der Waals surface area contributed by atoms with Gasteiger partial charge in [-0.2, -0.15) is 0 Å². The Labute approximate surface area is 196 Å². The highest BCUT2D eigenvalue weighted by atomic mass is 19.3. The number of alkyl halides is 3. The monoisotopic (exact) mass is 472 g/mol. The van der Waals surface area contributed by atoms with Crippen LogP contribution in [0.15, 0.2) is 76.8 Å². The summed E-state index contributed by atoms with van der Waals surface area (Å²) < 4.78 is 43.7. The maximum atomic E-state index is 13.3. The van der Waals surface area contributed by atoms with Crippen molar-refractivity contribution in [3.8, 4) is 5.75 Å². The number of hydrogen-bond acceptors (Lipinski definition) is 4. The molecule has 2 aromatic carbocycles. The molecule has 0 fully saturated rings. The summed E-state index contributed by atoms with van der Waals surface area (Å²) in [6, 6.07) is 13.5. The van der Waals surface area contributed by atoms with Gasteiger partial charge in [-0.25, -0.2) is 13.2 Å². The lowest BCUT2D eigenvalue weighted by atomic mass is 9.98. The third-order valence-corrected chi connectivity index (χ3v) is 5.39. The summed E-state index contributed by atoms with van der Waals surface area (Å²) in [6.07, 6.45) is 0.00447. The SMILES string of the molecule is C/N=C(C1=C(/C=C/CF)C(=O)N(c2ccc(C(C)(C)O)cc2)C1)/c1ccccc1OCC(F)F. The number of amides is 1. The predicted molar refractivity (Wildman–Crippen MR) is 127 cm³/mol. The summed E-state index contributed by atoms with van der Waals surface area (Å²) in [6.45, 7) is 1.94. The van der Waals surface area contributed by atoms with Crippen molar-refractivity contribution in [2.45, 2.75) is 25.9 Å². The minimum Gasteiger partial charge on any atom is -0.487 e. The number of anilines is 1. The van der Waals surface area contributed by atoms with E-state index in [9.17, 15) is 23.1 Å². The summed E-state index contributed by atoms with van der Waals surface area (Å²) in [7, 11) is 1.54. The Bertz CT molecular complexity index is 1120. The van der Waals surface area contributed by atoms with E-state index in [0.717, 1.165) is 0 Å². The molecular formula is C26H27F3N2O3. The number of aliphatic hydroxyl groups is 1. The van der Waals surface area contributed by atoms with Crippen molar-refractivity contribution in [3.63, 3.8) is 0 Å². The van der Waals surface area contributed by atoms with Crippen LogP contribution in [0.5, 0.6) is 5.75 Å². The van der Waals surface area contributed by atoms with Gasteiger partial charge in [0.15, 0.2) is 0 Å². The number of para-hydroxylation sites is 1. The zero-order chi connectivity index (χ0) is 24.9. The number of allylic oxidation sites excluding steroid dienone is 1. The van der Waals surface area contributed by atoms with Gasteiger partial charge in [-0.1, -0.05) is 36.4 Å². The second kappa shape index (κ2) is 10.7. The standard InChI is InChI=1S/C26H27F3N2O3/c1-26(2,33)17-10-12-18(13-11-17)31-15-21(19(25(31)32)8-6-14-27)24(30-3)20-7-4-5-9-22(20)34-16-23(28)29/h4-13,23,33H,14-16H2,1-3H3/b8-6+,30-24-. The first-order valence-electron chi connectivity index (χ1n) is 10.7. The fourth-order valence-electron chi connectivity index (χ4n) is 3.74. The fourth-order valence-corrected chi connectivity index (χ4v) is 3.74. The average Bonchev–Trinajstić information content (AvgIpc) is 3.12. The molecule has 1 aliphatic heterocycles. The van der Waals surface area contributed by atoms with E-state index in [4.69, 9.17) is 4.74 Å². The Morgan fingerprint density at radius 1 is 1.21 bits per heavy atom. The smallest absolute Gasteiger partial charge is 0.272 e. The molecule has 1 N–H and O–H groups in total. The Balaban J connectivity index is 2.02. The number of aliphatic imine (C=N–C) groups is 1. The molecule has 2 aromatic rings. The Kier molecular flexibility index (Phi) is 7.94. The van der Waals surface area contributed by atoms with Crippen molar-refractivity contribution in [2.75, 3.05) is 31.8 Å². The van der Waals surface area contributed by atoms with Gasteiger partial charge in [0.05, 0.1) is 17.9 Å². The third kappa shape index (κ3) is 5.56. The number of carbonyl (C=O) groups is 1. The van der Waals surface area contributed by atoms with Crippen LogP contribution in [0, 0.1) is 0 Å². The van der Waals surface area contributed by atoms with Crippen molar-refractivity contribution in [3.05, 3.63) is 83.0 Å². The summed E-state index contributed by atoms with van der Waals surface area (Å²) in [4.78, 5) is 19.2. The van der Waals surface area contributed by atoms with E-state index >= 15 is 0 Å². The van der Waals surface area contributed by atoms with Gasteiger partial charge in [-0.15, -0.1) is 0 Å². The van der Waals surface area contributed by atoms with Gasteiger partial charge >= 0.3 is 0 Å². The quantitative estimate of drug-likeness (QED) is 0.531. The number of hydrogen-bond donors (Lipinski definition) is 1. The molecule has 5 nitrogen and oxygen atoms in total. The van der Waals surface area contributed by atoms with Crippen LogP contribution in [0.4, 0.5) is 18.9 Å². The molecular weight excluding hydrogens is 445 g/mol.